The summed E-state index contributed by atoms with van der Waals surface area (Å²) in [4.78, 5) is 0. The maximum atomic E-state index is 5.66. The zero-order chi connectivity index (χ0) is 15.0. The van der Waals surface area contributed by atoms with Gasteiger partial charge in [0.05, 0.1) is 0 Å². The van der Waals surface area contributed by atoms with E-state index in [0.29, 0.717) is 5.76 Å². The summed E-state index contributed by atoms with van der Waals surface area (Å²) in [7, 11) is 0. The molecule has 0 spiro atoms. The normalized spacial score (nSPS) is 12.6. The van der Waals surface area contributed by atoms with E-state index in [2.05, 4.69) is 10.2 Å². The fourth-order valence-corrected chi connectivity index (χ4v) is 2.06. The molecular weight excluding hydrogens is 335 g/mol. The molecule has 0 radical (unpaired) electrons. The summed E-state index contributed by atoms with van der Waals surface area (Å²) in [5.74, 6) is 0.824. The Bertz CT molecular complexity index is 815. The Hall–Kier alpha value is -1.49. The second kappa shape index (κ2) is 5.37. The van der Waals surface area contributed by atoms with Crippen LogP contribution in [0.4, 0.5) is 0 Å². The fraction of sp³-hybridized carbons (Fsp3) is 0.143. The Morgan fingerprint density at radius 2 is 1.86 bits per heavy atom. The standard InChI is InChI=1S/C14H9Cl3N2O2/c1-8-2-4-11-9(6-8)7-10(20-11)3-5-12-18-19-13(21-12)14(15,16)17/h2-7H,1H3/b5-3+. The molecule has 0 aliphatic rings. The molecule has 7 heteroatoms. The van der Waals surface area contributed by atoms with Gasteiger partial charge in [-0.2, -0.15) is 0 Å². The molecule has 0 aliphatic carbocycles. The van der Waals surface area contributed by atoms with Crippen LogP contribution in [0.25, 0.3) is 23.1 Å². The Kier molecular flexibility index (Phi) is 3.69. The smallest absolute Gasteiger partial charge is 0.268 e. The highest BCUT2D eigenvalue weighted by atomic mass is 35.6. The van der Waals surface area contributed by atoms with Crippen LogP contribution in [0.5, 0.6) is 0 Å². The molecule has 108 valence electrons. The van der Waals surface area contributed by atoms with Crippen LogP contribution in [0.3, 0.4) is 0 Å². The minimum atomic E-state index is -1.73. The third-order valence-electron chi connectivity index (χ3n) is 2.76. The van der Waals surface area contributed by atoms with Crippen molar-refractivity contribution in [3.05, 3.63) is 47.4 Å². The average molecular weight is 344 g/mol. The van der Waals surface area contributed by atoms with Gasteiger partial charge in [-0.05, 0) is 31.2 Å². The Labute approximate surface area is 135 Å². The first-order valence-corrected chi connectivity index (χ1v) is 7.14. The van der Waals surface area contributed by atoms with Gasteiger partial charge in [-0.15, -0.1) is 10.2 Å². The van der Waals surface area contributed by atoms with E-state index in [4.69, 9.17) is 43.6 Å². The lowest BCUT2D eigenvalue weighted by Crippen LogP contribution is -1.99. The van der Waals surface area contributed by atoms with Crippen molar-refractivity contribution in [1.29, 1.82) is 0 Å². The SMILES string of the molecule is Cc1ccc2oc(/C=C/c3nnc(C(Cl)(Cl)Cl)o3)cc2c1. The number of benzene rings is 1. The van der Waals surface area contributed by atoms with E-state index in [1.807, 2.05) is 31.2 Å². The molecule has 21 heavy (non-hydrogen) atoms. The molecule has 2 heterocycles. The molecule has 0 amide bonds. The highest BCUT2D eigenvalue weighted by Gasteiger charge is 2.29. The second-order valence-corrected chi connectivity index (χ2v) is 6.75. The predicted molar refractivity (Wildman–Crippen MR) is 83.4 cm³/mol. The number of halogens is 3. The Morgan fingerprint density at radius 1 is 1.05 bits per heavy atom. The number of hydrogen-bond donors (Lipinski definition) is 0. The van der Waals surface area contributed by atoms with E-state index in [-0.39, 0.29) is 11.8 Å². The maximum absolute atomic E-state index is 5.66. The fourth-order valence-electron chi connectivity index (χ4n) is 1.84. The molecule has 0 aliphatic heterocycles. The molecule has 0 saturated heterocycles. The molecule has 0 atom stereocenters. The number of hydrogen-bond acceptors (Lipinski definition) is 4. The summed E-state index contributed by atoms with van der Waals surface area (Å²) in [5, 5.41) is 8.46. The number of fused-ring (bicyclic) bond motifs is 1. The number of nitrogens with zero attached hydrogens (tertiary/aromatic N) is 2. The highest BCUT2D eigenvalue weighted by molar-refractivity contribution is 6.66. The van der Waals surface area contributed by atoms with Crippen molar-refractivity contribution in [3.63, 3.8) is 0 Å². The summed E-state index contributed by atoms with van der Waals surface area (Å²) < 4.78 is 9.15. The predicted octanol–water partition coefficient (Wildman–Crippen LogP) is 5.12. The minimum absolute atomic E-state index is 0.0765. The molecule has 1 aromatic carbocycles. The summed E-state index contributed by atoms with van der Waals surface area (Å²) in [6, 6.07) is 7.88. The average Bonchev–Trinajstić information content (AvgIpc) is 3.01. The number of aryl methyl sites for hydroxylation is 1. The van der Waals surface area contributed by atoms with Gasteiger partial charge in [0.1, 0.15) is 11.3 Å². The zero-order valence-corrected chi connectivity index (χ0v) is 13.1. The zero-order valence-electron chi connectivity index (χ0n) is 10.8. The van der Waals surface area contributed by atoms with Crippen LogP contribution < -0.4 is 0 Å². The number of furan rings is 1. The van der Waals surface area contributed by atoms with Gasteiger partial charge in [0.25, 0.3) is 9.68 Å². The van der Waals surface area contributed by atoms with Crippen molar-refractivity contribution in [3.8, 4) is 0 Å². The maximum Gasteiger partial charge on any atom is 0.268 e. The Balaban J connectivity index is 1.85. The number of rotatable bonds is 2. The van der Waals surface area contributed by atoms with Crippen molar-refractivity contribution < 1.29 is 8.83 Å². The van der Waals surface area contributed by atoms with Gasteiger partial charge in [0, 0.05) is 11.5 Å². The molecular formula is C14H9Cl3N2O2. The van der Waals surface area contributed by atoms with Gasteiger partial charge in [-0.1, -0.05) is 46.4 Å². The molecule has 3 aromatic rings. The monoisotopic (exact) mass is 342 g/mol. The lowest BCUT2D eigenvalue weighted by atomic mass is 10.2. The van der Waals surface area contributed by atoms with E-state index < -0.39 is 3.79 Å². The summed E-state index contributed by atoms with van der Waals surface area (Å²) in [5.41, 5.74) is 1.98. The van der Waals surface area contributed by atoms with Crippen LogP contribution in [0.2, 0.25) is 0 Å². The van der Waals surface area contributed by atoms with E-state index in [0.717, 1.165) is 11.0 Å². The molecule has 0 saturated carbocycles. The first-order valence-electron chi connectivity index (χ1n) is 6.01. The first kappa shape index (κ1) is 14.4. The van der Waals surface area contributed by atoms with Crippen molar-refractivity contribution in [2.24, 2.45) is 0 Å². The van der Waals surface area contributed by atoms with Gasteiger partial charge >= 0.3 is 0 Å². The minimum Gasteiger partial charge on any atom is -0.457 e. The van der Waals surface area contributed by atoms with Crippen molar-refractivity contribution in [1.82, 2.24) is 10.2 Å². The Morgan fingerprint density at radius 3 is 2.57 bits per heavy atom. The first-order chi connectivity index (χ1) is 9.91. The van der Waals surface area contributed by atoms with Crippen LogP contribution >= 0.6 is 34.8 Å². The van der Waals surface area contributed by atoms with Crippen LogP contribution in [-0.4, -0.2) is 10.2 Å². The van der Waals surface area contributed by atoms with Gasteiger partial charge in [-0.25, -0.2) is 0 Å². The van der Waals surface area contributed by atoms with Crippen molar-refractivity contribution in [2.75, 3.05) is 0 Å². The van der Waals surface area contributed by atoms with Gasteiger partial charge in [0.2, 0.25) is 5.89 Å². The molecule has 0 N–H and O–H groups in total. The summed E-state index contributed by atoms with van der Waals surface area (Å²) in [6.07, 6.45) is 3.31. The molecule has 0 bridgehead atoms. The van der Waals surface area contributed by atoms with Crippen molar-refractivity contribution in [2.45, 2.75) is 10.7 Å². The van der Waals surface area contributed by atoms with Crippen molar-refractivity contribution >= 4 is 57.9 Å². The lowest BCUT2D eigenvalue weighted by molar-refractivity contribution is 0.493. The largest absolute Gasteiger partial charge is 0.457 e. The van der Waals surface area contributed by atoms with Gasteiger partial charge in [-0.3, -0.25) is 0 Å². The molecule has 3 rings (SSSR count). The van der Waals surface area contributed by atoms with Crippen LogP contribution in [-0.2, 0) is 3.79 Å². The third kappa shape index (κ3) is 3.23. The summed E-state index contributed by atoms with van der Waals surface area (Å²) in [6.45, 7) is 2.03. The number of aromatic nitrogens is 2. The van der Waals surface area contributed by atoms with E-state index >= 15 is 0 Å². The number of alkyl halides is 3. The molecule has 0 fully saturated rings. The van der Waals surface area contributed by atoms with Gasteiger partial charge in [0.15, 0.2) is 0 Å². The van der Waals surface area contributed by atoms with E-state index in [9.17, 15) is 0 Å². The highest BCUT2D eigenvalue weighted by Crippen LogP contribution is 2.37. The van der Waals surface area contributed by atoms with Gasteiger partial charge < -0.3 is 8.83 Å². The summed E-state index contributed by atoms with van der Waals surface area (Å²) >= 11 is 16.9. The quantitative estimate of drug-likeness (QED) is 0.606. The molecule has 2 aromatic heterocycles. The molecule has 0 unspecified atom stereocenters. The van der Waals surface area contributed by atoms with E-state index in [1.54, 1.807) is 12.2 Å². The lowest BCUT2D eigenvalue weighted by Gasteiger charge is -2.01. The van der Waals surface area contributed by atoms with Crippen LogP contribution in [0, 0.1) is 6.92 Å². The third-order valence-corrected chi connectivity index (χ3v) is 3.25. The molecule has 4 nitrogen and oxygen atoms in total. The van der Waals surface area contributed by atoms with E-state index in [1.165, 1.54) is 5.56 Å². The second-order valence-electron chi connectivity index (χ2n) is 4.47. The topological polar surface area (TPSA) is 52.1 Å². The van der Waals surface area contributed by atoms with Crippen LogP contribution in [0.1, 0.15) is 23.1 Å². The van der Waals surface area contributed by atoms with Crippen LogP contribution in [0.15, 0.2) is 33.1 Å².